The van der Waals surface area contributed by atoms with Gasteiger partial charge in [0, 0.05) is 5.56 Å². The molecule has 222 valence electrons. The summed E-state index contributed by atoms with van der Waals surface area (Å²) in [7, 11) is 0. The number of hydrogen-bond donors (Lipinski definition) is 1. The fraction of sp³-hybridized carbons (Fsp3) is 0.233. The molecule has 1 saturated heterocycles. The topological polar surface area (TPSA) is 148 Å². The van der Waals surface area contributed by atoms with Gasteiger partial charge in [-0.1, -0.05) is 48.5 Å². The minimum Gasteiger partial charge on any atom is -0.498 e. The molecule has 4 unspecified atom stereocenters. The van der Waals surface area contributed by atoms with Gasteiger partial charge in [-0.25, -0.2) is 9.59 Å². The lowest BCUT2D eigenvalue weighted by Gasteiger charge is -2.52. The lowest BCUT2D eigenvalue weighted by Crippen LogP contribution is -2.76. The van der Waals surface area contributed by atoms with E-state index in [0.29, 0.717) is 16.5 Å². The van der Waals surface area contributed by atoms with E-state index in [4.69, 9.17) is 4.74 Å². The quantitative estimate of drug-likeness (QED) is 0.315. The molecule has 1 aliphatic rings. The molecule has 43 heavy (non-hydrogen) atoms. The first-order valence-electron chi connectivity index (χ1n) is 12.8. The Kier molecular flexibility index (Phi) is 8.54. The molecule has 1 N–H and O–H groups in total. The molecule has 1 heterocycles. The van der Waals surface area contributed by atoms with E-state index in [1.165, 1.54) is 31.2 Å². The van der Waals surface area contributed by atoms with Crippen LogP contribution in [0.1, 0.15) is 35.2 Å². The van der Waals surface area contributed by atoms with E-state index in [1.807, 2.05) is 6.07 Å². The van der Waals surface area contributed by atoms with Gasteiger partial charge >= 0.3 is 24.1 Å². The van der Waals surface area contributed by atoms with E-state index in [2.05, 4.69) is 0 Å². The third kappa shape index (κ3) is 5.91. The normalized spacial score (nSPS) is 22.0. The van der Waals surface area contributed by atoms with Crippen molar-refractivity contribution in [2.75, 3.05) is 11.4 Å². The number of rotatable bonds is 7. The lowest BCUT2D eigenvalue weighted by atomic mass is 9.81. The number of ether oxygens (including phenoxy) is 1. The Labute approximate surface area is 243 Å². The number of amides is 3. The van der Waals surface area contributed by atoms with Crippen molar-refractivity contribution in [3.8, 4) is 6.07 Å². The van der Waals surface area contributed by atoms with Gasteiger partial charge in [-0.2, -0.15) is 22.9 Å². The molecular formula is C30H24F3N3O7. The number of alkyl halides is 3. The van der Waals surface area contributed by atoms with Crippen molar-refractivity contribution in [1.82, 2.24) is 0 Å². The Morgan fingerprint density at radius 3 is 2.26 bits per heavy atom. The number of nitrogens with zero attached hydrogens (tertiary/aromatic N) is 3. The summed E-state index contributed by atoms with van der Waals surface area (Å²) < 4.78 is 44.0. The van der Waals surface area contributed by atoms with Crippen LogP contribution >= 0.6 is 0 Å². The zero-order valence-electron chi connectivity index (χ0n) is 22.5. The van der Waals surface area contributed by atoms with Gasteiger partial charge in [0.05, 0.1) is 28.9 Å². The van der Waals surface area contributed by atoms with E-state index in [9.17, 15) is 47.8 Å². The SMILES string of the molecule is CC1C(C(=O)O)C(c2ccc(C#N)cc2)[N+](CC(=O)OCc2ccccc2)(C(=O)[O-])C(=O)N1c1cccc(C(F)(F)F)c1. The molecule has 3 amide bonds. The number of anilines is 1. The Morgan fingerprint density at radius 2 is 1.70 bits per heavy atom. The van der Waals surface area contributed by atoms with Gasteiger partial charge < -0.3 is 19.7 Å². The highest BCUT2D eigenvalue weighted by Gasteiger charge is 2.63. The average Bonchev–Trinajstić information content (AvgIpc) is 2.97. The van der Waals surface area contributed by atoms with Crippen molar-refractivity contribution in [1.29, 1.82) is 5.26 Å². The maximum absolute atomic E-state index is 14.3. The number of urea groups is 1. The molecule has 1 aliphatic heterocycles. The van der Waals surface area contributed by atoms with Crippen LogP contribution < -0.4 is 10.0 Å². The number of esters is 1. The second-order valence-electron chi connectivity index (χ2n) is 9.92. The number of quaternary nitrogens is 1. The smallest absolute Gasteiger partial charge is 0.431 e. The van der Waals surface area contributed by atoms with Crippen LogP contribution in [0.3, 0.4) is 0 Å². The number of hydrogen-bond acceptors (Lipinski definition) is 7. The first-order valence-corrected chi connectivity index (χ1v) is 12.8. The van der Waals surface area contributed by atoms with Crippen LogP contribution in [-0.4, -0.2) is 46.2 Å². The van der Waals surface area contributed by atoms with E-state index >= 15 is 0 Å². The maximum Gasteiger partial charge on any atom is 0.431 e. The second kappa shape index (κ2) is 11.9. The van der Waals surface area contributed by atoms with Gasteiger partial charge in [0.1, 0.15) is 18.6 Å². The fourth-order valence-corrected chi connectivity index (χ4v) is 5.33. The maximum atomic E-state index is 14.3. The number of carbonyl (C=O) groups is 4. The zero-order valence-corrected chi connectivity index (χ0v) is 22.5. The minimum absolute atomic E-state index is 0.0321. The van der Waals surface area contributed by atoms with E-state index in [0.717, 1.165) is 18.2 Å². The predicted octanol–water partition coefficient (Wildman–Crippen LogP) is 4.25. The summed E-state index contributed by atoms with van der Waals surface area (Å²) in [6.45, 7) is -0.298. The Hall–Kier alpha value is -5.22. The molecule has 1 fully saturated rings. The molecule has 4 rings (SSSR count). The molecule has 0 radical (unpaired) electrons. The highest BCUT2D eigenvalue weighted by molar-refractivity contribution is 5.97. The highest BCUT2D eigenvalue weighted by atomic mass is 19.4. The number of carboxylic acids is 1. The van der Waals surface area contributed by atoms with Gasteiger partial charge in [-0.15, -0.1) is 0 Å². The number of carbonyl (C=O) groups excluding carboxylic acids is 3. The minimum atomic E-state index is -4.84. The van der Waals surface area contributed by atoms with Gasteiger partial charge in [0.15, 0.2) is 6.54 Å². The zero-order chi connectivity index (χ0) is 31.5. The molecule has 0 saturated carbocycles. The molecule has 3 aromatic rings. The molecule has 3 aromatic carbocycles. The van der Waals surface area contributed by atoms with Crippen molar-refractivity contribution in [2.45, 2.75) is 31.8 Å². The van der Waals surface area contributed by atoms with Crippen molar-refractivity contribution >= 4 is 29.8 Å². The van der Waals surface area contributed by atoms with E-state index < -0.39 is 70.5 Å². The fourth-order valence-electron chi connectivity index (χ4n) is 5.33. The van der Waals surface area contributed by atoms with E-state index in [1.54, 1.807) is 30.3 Å². The van der Waals surface area contributed by atoms with Crippen molar-refractivity contribution < 1.29 is 51.8 Å². The molecule has 4 atom stereocenters. The lowest BCUT2D eigenvalue weighted by molar-refractivity contribution is -0.831. The molecule has 10 nitrogen and oxygen atoms in total. The largest absolute Gasteiger partial charge is 0.498 e. The third-order valence-corrected chi connectivity index (χ3v) is 7.35. The average molecular weight is 596 g/mol. The van der Waals surface area contributed by atoms with Crippen LogP contribution in [0.4, 0.5) is 28.4 Å². The van der Waals surface area contributed by atoms with Crippen molar-refractivity contribution in [2.24, 2.45) is 5.92 Å². The Morgan fingerprint density at radius 1 is 1.05 bits per heavy atom. The van der Waals surface area contributed by atoms with Crippen LogP contribution in [0.15, 0.2) is 78.9 Å². The molecule has 13 heteroatoms. The van der Waals surface area contributed by atoms with Gasteiger partial charge in [-0.05, 0) is 42.8 Å². The number of imide groups is 1. The van der Waals surface area contributed by atoms with Gasteiger partial charge in [-0.3, -0.25) is 9.69 Å². The summed E-state index contributed by atoms with van der Waals surface area (Å²) in [5.41, 5.74) is -0.953. The third-order valence-electron chi connectivity index (χ3n) is 7.35. The number of carboxylic acid groups (broad SMARTS) is 2. The van der Waals surface area contributed by atoms with Crippen molar-refractivity contribution in [3.05, 3.63) is 101 Å². The summed E-state index contributed by atoms with van der Waals surface area (Å²) in [4.78, 5) is 53.9. The molecule has 0 aliphatic carbocycles. The summed E-state index contributed by atoms with van der Waals surface area (Å²) in [5.74, 6) is -4.57. The molecule has 0 bridgehead atoms. The monoisotopic (exact) mass is 595 g/mol. The van der Waals surface area contributed by atoms with Gasteiger partial charge in [0.2, 0.25) is 0 Å². The number of halogens is 3. The molecular weight excluding hydrogens is 571 g/mol. The Bertz CT molecular complexity index is 1590. The number of aliphatic carboxylic acids is 1. The van der Waals surface area contributed by atoms with Crippen LogP contribution in [-0.2, 0) is 27.1 Å². The predicted molar refractivity (Wildman–Crippen MR) is 141 cm³/mol. The summed E-state index contributed by atoms with van der Waals surface area (Å²) >= 11 is 0. The first-order chi connectivity index (χ1) is 20.3. The van der Waals surface area contributed by atoms with Crippen molar-refractivity contribution in [3.63, 3.8) is 0 Å². The molecule has 0 spiro atoms. The Balaban J connectivity index is 1.90. The van der Waals surface area contributed by atoms with Crippen LogP contribution in [0.2, 0.25) is 0 Å². The van der Waals surface area contributed by atoms with Crippen LogP contribution in [0.25, 0.3) is 0 Å². The highest BCUT2D eigenvalue weighted by Crippen LogP contribution is 2.46. The summed E-state index contributed by atoms with van der Waals surface area (Å²) in [5, 5.41) is 32.6. The standard InChI is InChI=1S/C30H24F3N3O7/c1-18-25(27(38)39)26(21-12-10-19(15-34)11-13-21)36(29(41)42,16-24(37)43-17-20-6-3-2-4-7-20)28(40)35(18)23-9-5-8-22(14-23)30(31,32)33/h2-14,18,25-26H,16-17H2,1H3,(H-,38,39,41,42). The van der Waals surface area contributed by atoms with E-state index in [-0.39, 0.29) is 17.7 Å². The number of nitriles is 1. The van der Waals surface area contributed by atoms with Crippen LogP contribution in [0.5, 0.6) is 0 Å². The second-order valence-corrected chi connectivity index (χ2v) is 9.92. The number of benzene rings is 3. The molecule has 0 aromatic heterocycles. The van der Waals surface area contributed by atoms with Gasteiger partial charge in [0.25, 0.3) is 6.09 Å². The first kappa shape index (κ1) is 30.7. The van der Waals surface area contributed by atoms with Crippen LogP contribution in [0, 0.1) is 17.2 Å². The summed E-state index contributed by atoms with van der Waals surface area (Å²) in [6, 6.07) is 14.0. The summed E-state index contributed by atoms with van der Waals surface area (Å²) in [6.07, 6.45) is -7.01.